The highest BCUT2D eigenvalue weighted by Crippen LogP contribution is 2.01. The van der Waals surface area contributed by atoms with Crippen molar-refractivity contribution in [3.05, 3.63) is 0 Å². The van der Waals surface area contributed by atoms with E-state index in [0.717, 1.165) is 31.1 Å². The largest absolute Gasteiger partial charge is 0.309 e. The molecule has 3 heteroatoms. The van der Waals surface area contributed by atoms with E-state index in [1.807, 2.05) is 0 Å². The fourth-order valence-electron chi connectivity index (χ4n) is 0.981. The monoisotopic (exact) mass is 235 g/mol. The molecule has 0 aromatic carbocycles. The second-order valence-corrected chi connectivity index (χ2v) is 4.03. The zero-order valence-electron chi connectivity index (χ0n) is 7.98. The molecule has 0 heterocycles. The van der Waals surface area contributed by atoms with Crippen molar-refractivity contribution < 1.29 is 4.79 Å². The SMILES string of the molecule is CN(C)CCCCC(=O)CCBr. The minimum absolute atomic E-state index is 0.380. The van der Waals surface area contributed by atoms with E-state index >= 15 is 0 Å². The lowest BCUT2D eigenvalue weighted by Gasteiger charge is -2.07. The van der Waals surface area contributed by atoms with Crippen molar-refractivity contribution in [2.45, 2.75) is 25.7 Å². The first-order chi connectivity index (χ1) is 5.66. The predicted molar refractivity (Wildman–Crippen MR) is 55.8 cm³/mol. The van der Waals surface area contributed by atoms with Crippen LogP contribution in [0.15, 0.2) is 0 Å². The van der Waals surface area contributed by atoms with Crippen LogP contribution in [0.3, 0.4) is 0 Å². The zero-order valence-corrected chi connectivity index (χ0v) is 9.56. The third-order valence-corrected chi connectivity index (χ3v) is 2.08. The Kier molecular flexibility index (Phi) is 7.81. The molecule has 0 aromatic heterocycles. The summed E-state index contributed by atoms with van der Waals surface area (Å²) in [7, 11) is 4.11. The average molecular weight is 236 g/mol. The summed E-state index contributed by atoms with van der Waals surface area (Å²) in [5, 5.41) is 0.805. The van der Waals surface area contributed by atoms with Gasteiger partial charge in [-0.1, -0.05) is 15.9 Å². The summed E-state index contributed by atoms with van der Waals surface area (Å²) in [6.45, 7) is 1.08. The molecule has 0 saturated carbocycles. The smallest absolute Gasteiger partial charge is 0.133 e. The second kappa shape index (κ2) is 7.74. The van der Waals surface area contributed by atoms with Crippen LogP contribution in [-0.2, 0) is 4.79 Å². The van der Waals surface area contributed by atoms with Crippen molar-refractivity contribution in [2.75, 3.05) is 26.0 Å². The van der Waals surface area contributed by atoms with Crippen LogP contribution < -0.4 is 0 Å². The maximum Gasteiger partial charge on any atom is 0.133 e. The molecule has 0 aliphatic heterocycles. The predicted octanol–water partition coefficient (Wildman–Crippen LogP) is 2.07. The van der Waals surface area contributed by atoms with Crippen LogP contribution in [0.4, 0.5) is 0 Å². The molecular weight excluding hydrogens is 218 g/mol. The van der Waals surface area contributed by atoms with Gasteiger partial charge in [-0.05, 0) is 33.5 Å². The third-order valence-electron chi connectivity index (χ3n) is 1.68. The van der Waals surface area contributed by atoms with E-state index < -0.39 is 0 Å². The number of nitrogens with zero attached hydrogens (tertiary/aromatic N) is 1. The lowest BCUT2D eigenvalue weighted by atomic mass is 10.1. The highest BCUT2D eigenvalue weighted by atomic mass is 79.9. The van der Waals surface area contributed by atoms with Gasteiger partial charge in [-0.25, -0.2) is 0 Å². The first-order valence-corrected chi connectivity index (χ1v) is 5.51. The molecule has 72 valence electrons. The summed E-state index contributed by atoms with van der Waals surface area (Å²) in [4.78, 5) is 13.2. The molecule has 0 N–H and O–H groups in total. The van der Waals surface area contributed by atoms with E-state index in [0.29, 0.717) is 12.2 Å². The van der Waals surface area contributed by atoms with Crippen molar-refractivity contribution in [3.63, 3.8) is 0 Å². The molecule has 2 nitrogen and oxygen atoms in total. The van der Waals surface area contributed by atoms with Gasteiger partial charge >= 0.3 is 0 Å². The fraction of sp³-hybridized carbons (Fsp3) is 0.889. The van der Waals surface area contributed by atoms with Gasteiger partial charge in [0.2, 0.25) is 0 Å². The molecule has 0 unspecified atom stereocenters. The second-order valence-electron chi connectivity index (χ2n) is 3.24. The third kappa shape index (κ3) is 8.21. The van der Waals surface area contributed by atoms with E-state index in [9.17, 15) is 4.79 Å². The Bertz CT molecular complexity index is 126. The zero-order chi connectivity index (χ0) is 9.40. The van der Waals surface area contributed by atoms with Crippen molar-refractivity contribution in [2.24, 2.45) is 0 Å². The number of Topliss-reactive ketones (excluding diaryl/α,β-unsaturated/α-hetero) is 1. The van der Waals surface area contributed by atoms with E-state index in [1.165, 1.54) is 0 Å². The van der Waals surface area contributed by atoms with Gasteiger partial charge in [0.1, 0.15) is 5.78 Å². The molecule has 0 fully saturated rings. The van der Waals surface area contributed by atoms with Gasteiger partial charge in [-0.15, -0.1) is 0 Å². The molecule has 0 aliphatic rings. The standard InChI is InChI=1S/C9H18BrNO/c1-11(2)8-4-3-5-9(12)6-7-10/h3-8H2,1-2H3. The maximum atomic E-state index is 11.0. The molecule has 0 aliphatic carbocycles. The van der Waals surface area contributed by atoms with E-state index in [1.54, 1.807) is 0 Å². The molecule has 0 radical (unpaired) electrons. The van der Waals surface area contributed by atoms with Gasteiger partial charge in [0, 0.05) is 18.2 Å². The molecule has 0 rings (SSSR count). The van der Waals surface area contributed by atoms with Crippen molar-refractivity contribution >= 4 is 21.7 Å². The summed E-state index contributed by atoms with van der Waals surface area (Å²) in [5.74, 6) is 0.380. The Hall–Kier alpha value is 0.110. The van der Waals surface area contributed by atoms with Crippen LogP contribution in [-0.4, -0.2) is 36.7 Å². The van der Waals surface area contributed by atoms with Crippen LogP contribution in [0.1, 0.15) is 25.7 Å². The Labute approximate surface area is 83.4 Å². The number of hydrogen-bond donors (Lipinski definition) is 0. The van der Waals surface area contributed by atoms with Crippen LogP contribution in [0, 0.1) is 0 Å². The van der Waals surface area contributed by atoms with Crippen molar-refractivity contribution in [1.82, 2.24) is 4.90 Å². The lowest BCUT2D eigenvalue weighted by Crippen LogP contribution is -2.13. The average Bonchev–Trinajstić information content (AvgIpc) is 1.98. The number of alkyl halides is 1. The fourth-order valence-corrected chi connectivity index (χ4v) is 1.42. The Morgan fingerprint density at radius 3 is 2.42 bits per heavy atom. The highest BCUT2D eigenvalue weighted by molar-refractivity contribution is 9.09. The number of carbonyl (C=O) groups excluding carboxylic acids is 1. The number of carbonyl (C=O) groups is 1. The summed E-state index contributed by atoms with van der Waals surface area (Å²) in [5.41, 5.74) is 0. The highest BCUT2D eigenvalue weighted by Gasteiger charge is 1.99. The van der Waals surface area contributed by atoms with Crippen LogP contribution in [0.5, 0.6) is 0 Å². The molecule has 0 spiro atoms. The maximum absolute atomic E-state index is 11.0. The Morgan fingerprint density at radius 2 is 1.92 bits per heavy atom. The number of unbranched alkanes of at least 4 members (excludes halogenated alkanes) is 1. The summed E-state index contributed by atoms with van der Waals surface area (Å²) >= 11 is 3.25. The van der Waals surface area contributed by atoms with E-state index in [2.05, 4.69) is 34.9 Å². The molecule has 0 atom stereocenters. The van der Waals surface area contributed by atoms with Crippen molar-refractivity contribution in [1.29, 1.82) is 0 Å². The quantitative estimate of drug-likeness (QED) is 0.498. The van der Waals surface area contributed by atoms with Gasteiger partial charge in [-0.2, -0.15) is 0 Å². The molecule has 0 amide bonds. The molecule has 12 heavy (non-hydrogen) atoms. The Balaban J connectivity index is 3.14. The first-order valence-electron chi connectivity index (χ1n) is 4.39. The van der Waals surface area contributed by atoms with Crippen LogP contribution >= 0.6 is 15.9 Å². The molecule has 0 aromatic rings. The number of halogens is 1. The number of hydrogen-bond acceptors (Lipinski definition) is 2. The number of ketones is 1. The molecular formula is C9H18BrNO. The number of rotatable bonds is 7. The first kappa shape index (κ1) is 12.1. The minimum atomic E-state index is 0.380. The van der Waals surface area contributed by atoms with Gasteiger partial charge in [-0.3, -0.25) is 4.79 Å². The van der Waals surface area contributed by atoms with Gasteiger partial charge < -0.3 is 4.90 Å². The summed E-state index contributed by atoms with van der Waals surface area (Å²) < 4.78 is 0. The van der Waals surface area contributed by atoms with Gasteiger partial charge in [0.15, 0.2) is 0 Å². The van der Waals surface area contributed by atoms with E-state index in [4.69, 9.17) is 0 Å². The molecule has 0 bridgehead atoms. The van der Waals surface area contributed by atoms with Crippen molar-refractivity contribution in [3.8, 4) is 0 Å². The van der Waals surface area contributed by atoms with Gasteiger partial charge in [0.05, 0.1) is 0 Å². The van der Waals surface area contributed by atoms with Gasteiger partial charge in [0.25, 0.3) is 0 Å². The summed E-state index contributed by atoms with van der Waals surface area (Å²) in [6.07, 6.45) is 3.59. The minimum Gasteiger partial charge on any atom is -0.309 e. The van der Waals surface area contributed by atoms with Crippen LogP contribution in [0.2, 0.25) is 0 Å². The summed E-state index contributed by atoms with van der Waals surface area (Å²) in [6, 6.07) is 0. The lowest BCUT2D eigenvalue weighted by molar-refractivity contribution is -0.118. The van der Waals surface area contributed by atoms with Crippen LogP contribution in [0.25, 0.3) is 0 Å². The Morgan fingerprint density at radius 1 is 1.25 bits per heavy atom. The van der Waals surface area contributed by atoms with E-state index in [-0.39, 0.29) is 0 Å². The topological polar surface area (TPSA) is 20.3 Å². The normalized spacial score (nSPS) is 10.7. The molecule has 0 saturated heterocycles.